The maximum atomic E-state index is 12.1. The Morgan fingerprint density at radius 3 is 2.07 bits per heavy atom. The lowest BCUT2D eigenvalue weighted by Gasteiger charge is -2.39. The van der Waals surface area contributed by atoms with Crippen LogP contribution in [0.3, 0.4) is 0 Å². The largest absolute Gasteiger partial charge is 0.456 e. The average molecular weight is 380 g/mol. The second kappa shape index (κ2) is 10.4. The predicted molar refractivity (Wildman–Crippen MR) is 105 cm³/mol. The summed E-state index contributed by atoms with van der Waals surface area (Å²) in [6.07, 6.45) is 8.93. The number of hydrogen-bond donors (Lipinski definition) is 0. The van der Waals surface area contributed by atoms with Crippen molar-refractivity contribution in [1.29, 1.82) is 0 Å². The highest BCUT2D eigenvalue weighted by Crippen LogP contribution is 2.32. The van der Waals surface area contributed by atoms with Gasteiger partial charge in [0.1, 0.15) is 0 Å². The molecule has 6 nitrogen and oxygen atoms in total. The summed E-state index contributed by atoms with van der Waals surface area (Å²) in [6, 6.07) is 0. The van der Waals surface area contributed by atoms with Crippen molar-refractivity contribution >= 4 is 11.9 Å². The van der Waals surface area contributed by atoms with Crippen LogP contribution in [0.5, 0.6) is 0 Å². The first-order valence-corrected chi connectivity index (χ1v) is 11.0. The smallest absolute Gasteiger partial charge is 0.307 e. The third-order valence-electron chi connectivity index (χ3n) is 6.76. The van der Waals surface area contributed by atoms with Gasteiger partial charge in [-0.25, -0.2) is 0 Å². The van der Waals surface area contributed by atoms with Crippen molar-refractivity contribution in [2.24, 2.45) is 11.8 Å². The fourth-order valence-electron chi connectivity index (χ4n) is 4.85. The Labute approximate surface area is 164 Å². The van der Waals surface area contributed by atoms with Gasteiger partial charge >= 0.3 is 5.97 Å². The summed E-state index contributed by atoms with van der Waals surface area (Å²) in [6.45, 7) is 6.97. The minimum Gasteiger partial charge on any atom is -0.456 e. The maximum Gasteiger partial charge on any atom is 0.307 e. The number of amides is 1. The number of rotatable bonds is 6. The average Bonchev–Trinajstić information content (AvgIpc) is 2.72. The molecule has 0 aromatic carbocycles. The van der Waals surface area contributed by atoms with E-state index in [4.69, 9.17) is 4.74 Å². The van der Waals surface area contributed by atoms with E-state index in [-0.39, 0.29) is 18.5 Å². The lowest BCUT2D eigenvalue weighted by Crippen LogP contribution is -2.40. The normalized spacial score (nSPS) is 24.1. The van der Waals surface area contributed by atoms with Crippen LogP contribution in [0.4, 0.5) is 0 Å². The molecule has 1 amide bonds. The van der Waals surface area contributed by atoms with E-state index in [0.717, 1.165) is 57.4 Å². The molecule has 3 fully saturated rings. The molecule has 154 valence electrons. The molecule has 0 aromatic rings. The SMILES string of the molecule is CN1CCC(C2CCN(CCC(=O)OCC(=O)N3CCCCC3)CC2)CC1. The minimum absolute atomic E-state index is 0.0398. The lowest BCUT2D eigenvalue weighted by molar-refractivity contribution is -0.152. The third kappa shape index (κ3) is 6.46. The van der Waals surface area contributed by atoms with E-state index in [2.05, 4.69) is 16.8 Å². The first-order valence-electron chi connectivity index (χ1n) is 11.0. The van der Waals surface area contributed by atoms with E-state index in [9.17, 15) is 9.59 Å². The fraction of sp³-hybridized carbons (Fsp3) is 0.905. The van der Waals surface area contributed by atoms with Crippen LogP contribution in [0.25, 0.3) is 0 Å². The van der Waals surface area contributed by atoms with E-state index < -0.39 is 0 Å². The van der Waals surface area contributed by atoms with Crippen LogP contribution in [-0.2, 0) is 14.3 Å². The molecular weight excluding hydrogens is 342 g/mol. The van der Waals surface area contributed by atoms with Gasteiger partial charge in [0.15, 0.2) is 6.61 Å². The number of piperidine rings is 3. The quantitative estimate of drug-likeness (QED) is 0.661. The zero-order valence-electron chi connectivity index (χ0n) is 17.0. The molecule has 3 rings (SSSR count). The van der Waals surface area contributed by atoms with Crippen LogP contribution in [0.15, 0.2) is 0 Å². The van der Waals surface area contributed by atoms with Crippen LogP contribution in [0, 0.1) is 11.8 Å². The Balaban J connectivity index is 1.27. The van der Waals surface area contributed by atoms with Gasteiger partial charge in [0.25, 0.3) is 5.91 Å². The zero-order chi connectivity index (χ0) is 19.1. The summed E-state index contributed by atoms with van der Waals surface area (Å²) in [4.78, 5) is 30.7. The first-order chi connectivity index (χ1) is 13.1. The van der Waals surface area contributed by atoms with Gasteiger partial charge in [0.2, 0.25) is 0 Å². The Bertz CT molecular complexity index is 477. The molecule has 0 spiro atoms. The Morgan fingerprint density at radius 1 is 0.852 bits per heavy atom. The van der Waals surface area contributed by atoms with Gasteiger partial charge in [-0.1, -0.05) is 0 Å². The van der Waals surface area contributed by atoms with Gasteiger partial charge in [-0.3, -0.25) is 9.59 Å². The molecule has 0 bridgehead atoms. The minimum atomic E-state index is -0.238. The highest BCUT2D eigenvalue weighted by Gasteiger charge is 2.28. The molecule has 0 N–H and O–H groups in total. The summed E-state index contributed by atoms with van der Waals surface area (Å²) >= 11 is 0. The van der Waals surface area contributed by atoms with Crippen molar-refractivity contribution in [2.45, 2.75) is 51.4 Å². The Kier molecular flexibility index (Phi) is 7.94. The van der Waals surface area contributed by atoms with Crippen molar-refractivity contribution in [1.82, 2.24) is 14.7 Å². The van der Waals surface area contributed by atoms with Gasteiger partial charge in [0, 0.05) is 19.6 Å². The van der Waals surface area contributed by atoms with E-state index in [1.54, 1.807) is 0 Å². The summed E-state index contributed by atoms with van der Waals surface area (Å²) < 4.78 is 5.21. The van der Waals surface area contributed by atoms with E-state index in [0.29, 0.717) is 6.42 Å². The molecule has 6 heteroatoms. The third-order valence-corrected chi connectivity index (χ3v) is 6.76. The van der Waals surface area contributed by atoms with Gasteiger partial charge in [0.05, 0.1) is 6.42 Å². The second-order valence-corrected chi connectivity index (χ2v) is 8.67. The van der Waals surface area contributed by atoms with Crippen molar-refractivity contribution < 1.29 is 14.3 Å². The van der Waals surface area contributed by atoms with Gasteiger partial charge < -0.3 is 19.4 Å². The molecule has 0 aliphatic carbocycles. The van der Waals surface area contributed by atoms with Gasteiger partial charge in [-0.15, -0.1) is 0 Å². The number of nitrogens with zero attached hydrogens (tertiary/aromatic N) is 3. The molecule has 0 atom stereocenters. The van der Waals surface area contributed by atoms with Crippen LogP contribution in [-0.4, -0.2) is 86.0 Å². The monoisotopic (exact) mass is 379 g/mol. The summed E-state index contributed by atoms with van der Waals surface area (Å²) in [5.74, 6) is 1.48. The number of likely N-dealkylation sites (tertiary alicyclic amines) is 3. The number of carbonyl (C=O) groups is 2. The number of hydrogen-bond acceptors (Lipinski definition) is 5. The Morgan fingerprint density at radius 2 is 1.44 bits per heavy atom. The molecule has 3 saturated heterocycles. The highest BCUT2D eigenvalue weighted by atomic mass is 16.5. The van der Waals surface area contributed by atoms with Gasteiger partial charge in [-0.2, -0.15) is 0 Å². The lowest BCUT2D eigenvalue weighted by atomic mass is 9.79. The number of ether oxygens (including phenoxy) is 1. The Hall–Kier alpha value is -1.14. The molecule has 3 heterocycles. The molecule has 0 radical (unpaired) electrons. The molecule has 0 unspecified atom stereocenters. The number of carbonyl (C=O) groups excluding carboxylic acids is 2. The molecule has 3 aliphatic rings. The second-order valence-electron chi connectivity index (χ2n) is 8.67. The van der Waals surface area contributed by atoms with Crippen LogP contribution in [0.2, 0.25) is 0 Å². The highest BCUT2D eigenvalue weighted by molar-refractivity contribution is 5.80. The standard InChI is InChI=1S/C21H37N3O3/c1-22-12-5-18(6-13-22)19-7-14-23(15-8-19)16-9-21(26)27-17-20(25)24-10-3-2-4-11-24/h18-19H,2-17H2,1H3. The molecule has 0 aromatic heterocycles. The van der Waals surface area contributed by atoms with Gasteiger partial charge in [-0.05, 0) is 90.0 Å². The maximum absolute atomic E-state index is 12.1. The van der Waals surface area contributed by atoms with E-state index in [1.165, 1.54) is 45.2 Å². The summed E-state index contributed by atoms with van der Waals surface area (Å²) in [5, 5.41) is 0. The van der Waals surface area contributed by atoms with Crippen molar-refractivity contribution in [3.8, 4) is 0 Å². The van der Waals surface area contributed by atoms with Crippen molar-refractivity contribution in [2.75, 3.05) is 59.5 Å². The zero-order valence-corrected chi connectivity index (χ0v) is 17.0. The fourth-order valence-corrected chi connectivity index (χ4v) is 4.85. The molecule has 27 heavy (non-hydrogen) atoms. The van der Waals surface area contributed by atoms with E-state index >= 15 is 0 Å². The van der Waals surface area contributed by atoms with Crippen LogP contribution >= 0.6 is 0 Å². The van der Waals surface area contributed by atoms with Crippen molar-refractivity contribution in [3.63, 3.8) is 0 Å². The molecular formula is C21H37N3O3. The first kappa shape index (κ1) is 20.6. The summed E-state index contributed by atoms with van der Waals surface area (Å²) in [5.41, 5.74) is 0. The van der Waals surface area contributed by atoms with Crippen molar-refractivity contribution in [3.05, 3.63) is 0 Å². The number of esters is 1. The van der Waals surface area contributed by atoms with Crippen LogP contribution < -0.4 is 0 Å². The van der Waals surface area contributed by atoms with E-state index in [1.807, 2.05) is 4.90 Å². The molecule has 3 aliphatic heterocycles. The predicted octanol–water partition coefficient (Wildman–Crippen LogP) is 1.99. The molecule has 0 saturated carbocycles. The van der Waals surface area contributed by atoms with Crippen LogP contribution in [0.1, 0.15) is 51.4 Å². The summed E-state index contributed by atoms with van der Waals surface area (Å²) in [7, 11) is 2.22. The topological polar surface area (TPSA) is 53.1 Å².